The minimum Gasteiger partial charge on any atom is -1.00 e. The third-order valence-electron chi connectivity index (χ3n) is 6.48. The predicted octanol–water partition coefficient (Wildman–Crippen LogP) is 5.14. The molecule has 1 N–H and O–H groups in total. The first-order valence-corrected chi connectivity index (χ1v) is 9.67. The molecule has 2 aliphatic carbocycles. The van der Waals surface area contributed by atoms with E-state index in [9.17, 15) is 0 Å². The van der Waals surface area contributed by atoms with Crippen LogP contribution < -0.4 is 5.32 Å². The maximum absolute atomic E-state index is 3.83. The maximum Gasteiger partial charge on any atom is 2.00 e. The Bertz CT molecular complexity index is 255. The molecule has 0 bridgehead atoms. The Morgan fingerprint density at radius 2 is 1.24 bits per heavy atom. The molecule has 1 saturated heterocycles. The van der Waals surface area contributed by atoms with Gasteiger partial charge in [-0.3, -0.25) is 0 Å². The quantitative estimate of drug-likeness (QED) is 0.707. The molecule has 1 atom stereocenters. The number of piperidine rings is 1. The second-order valence-electron chi connectivity index (χ2n) is 7.84. The zero-order valence-corrected chi connectivity index (χ0v) is 16.3. The van der Waals surface area contributed by atoms with Gasteiger partial charge in [0.2, 0.25) is 0 Å². The van der Waals surface area contributed by atoms with Crippen molar-refractivity contribution < 1.29 is 2.85 Å². The molecular weight excluding hydrogens is 282 g/mol. The van der Waals surface area contributed by atoms with Crippen molar-refractivity contribution in [2.24, 2.45) is 17.8 Å². The summed E-state index contributed by atoms with van der Waals surface area (Å²) in [6.07, 6.45) is 21.1. The smallest absolute Gasteiger partial charge is 1.00 e. The number of rotatable bonds is 4. The van der Waals surface area contributed by atoms with Gasteiger partial charge < -0.3 is 8.17 Å². The third kappa shape index (κ3) is 5.66. The molecule has 2 heteroatoms. The average molecular weight is 320 g/mol. The Labute approximate surface area is 165 Å². The first-order chi connectivity index (χ1) is 9.93. The van der Waals surface area contributed by atoms with E-state index < -0.39 is 0 Å². The molecule has 0 aromatic heterocycles. The summed E-state index contributed by atoms with van der Waals surface area (Å²) in [4.78, 5) is 0. The van der Waals surface area contributed by atoms with Crippen LogP contribution in [0.15, 0.2) is 0 Å². The summed E-state index contributed by atoms with van der Waals surface area (Å²) in [6, 6.07) is 0.859. The molecule has 1 aliphatic heterocycles. The fraction of sp³-hybridized carbons (Fsp3) is 1.00. The van der Waals surface area contributed by atoms with Gasteiger partial charge in [-0.2, -0.15) is 0 Å². The van der Waals surface area contributed by atoms with E-state index in [1.165, 1.54) is 70.8 Å². The normalized spacial score (nSPS) is 29.3. The average Bonchev–Trinajstić information content (AvgIpc) is 2.55. The zero-order valence-electron chi connectivity index (χ0n) is 16.1. The van der Waals surface area contributed by atoms with E-state index >= 15 is 0 Å². The zero-order chi connectivity index (χ0) is 13.6. The van der Waals surface area contributed by atoms with E-state index in [-0.39, 0.29) is 40.6 Å². The largest absolute Gasteiger partial charge is 2.00 e. The second kappa shape index (κ2) is 10.2. The molecule has 2 saturated carbocycles. The number of nitrogens with one attached hydrogen (secondary N) is 1. The van der Waals surface area contributed by atoms with Crippen molar-refractivity contribution in [2.45, 2.75) is 95.9 Å². The third-order valence-corrected chi connectivity index (χ3v) is 6.48. The summed E-state index contributed by atoms with van der Waals surface area (Å²) in [7, 11) is 0. The van der Waals surface area contributed by atoms with Crippen LogP contribution in [0.2, 0.25) is 0 Å². The van der Waals surface area contributed by atoms with Gasteiger partial charge in [-0.1, -0.05) is 70.6 Å². The van der Waals surface area contributed by atoms with Gasteiger partial charge in [0.15, 0.2) is 0 Å². The summed E-state index contributed by atoms with van der Waals surface area (Å²) in [5, 5.41) is 3.83. The van der Waals surface area contributed by atoms with E-state index in [4.69, 9.17) is 0 Å². The predicted molar refractivity (Wildman–Crippen MR) is 94.9 cm³/mol. The van der Waals surface area contributed by atoms with Crippen LogP contribution in [0.5, 0.6) is 0 Å². The minimum atomic E-state index is 0. The van der Waals surface area contributed by atoms with Crippen molar-refractivity contribution in [1.82, 2.24) is 5.32 Å². The molecule has 0 aromatic carbocycles. The molecule has 1 nitrogen and oxygen atoms in total. The van der Waals surface area contributed by atoms with Crippen LogP contribution in [0.1, 0.15) is 92.7 Å². The molecule has 3 rings (SSSR count). The van der Waals surface area contributed by atoms with Crippen LogP contribution in [0.4, 0.5) is 0 Å². The van der Waals surface area contributed by atoms with Crippen molar-refractivity contribution in [3.63, 3.8) is 0 Å². The van der Waals surface area contributed by atoms with Gasteiger partial charge in [0.05, 0.1) is 0 Å². The molecule has 0 aromatic rings. The van der Waals surface area contributed by atoms with Gasteiger partial charge in [0, 0.05) is 6.04 Å². The first-order valence-electron chi connectivity index (χ1n) is 9.67. The summed E-state index contributed by atoms with van der Waals surface area (Å²) in [5.41, 5.74) is 0. The van der Waals surface area contributed by atoms with Gasteiger partial charge in [-0.15, -0.1) is 0 Å². The molecule has 1 heterocycles. The minimum absolute atomic E-state index is 0. The van der Waals surface area contributed by atoms with Crippen molar-refractivity contribution >= 4 is 37.7 Å². The summed E-state index contributed by atoms with van der Waals surface area (Å²) in [5.74, 6) is 3.22. The van der Waals surface area contributed by atoms with Crippen molar-refractivity contribution in [1.29, 1.82) is 0 Å². The topological polar surface area (TPSA) is 12.0 Å². The van der Waals surface area contributed by atoms with Crippen LogP contribution in [0, 0.1) is 17.8 Å². The monoisotopic (exact) mass is 319 g/mol. The van der Waals surface area contributed by atoms with Gasteiger partial charge in [0.1, 0.15) is 0 Å². The maximum atomic E-state index is 3.83. The Balaban J connectivity index is 0.00000161. The molecule has 120 valence electrons. The fourth-order valence-electron chi connectivity index (χ4n) is 5.35. The van der Waals surface area contributed by atoms with Gasteiger partial charge in [-0.25, -0.2) is 0 Å². The molecule has 3 aliphatic rings. The van der Waals surface area contributed by atoms with Crippen LogP contribution in [-0.4, -0.2) is 50.3 Å². The Morgan fingerprint density at radius 3 is 1.71 bits per heavy atom. The Kier molecular flexibility index (Phi) is 8.98. The van der Waals surface area contributed by atoms with Gasteiger partial charge in [-0.05, 0) is 43.6 Å². The van der Waals surface area contributed by atoms with E-state index in [1.54, 1.807) is 25.7 Å². The number of hydrogen-bond acceptors (Lipinski definition) is 1. The molecule has 21 heavy (non-hydrogen) atoms. The summed E-state index contributed by atoms with van der Waals surface area (Å²) >= 11 is 0. The van der Waals surface area contributed by atoms with Crippen LogP contribution in [-0.2, 0) is 0 Å². The Morgan fingerprint density at radius 1 is 0.714 bits per heavy atom. The molecule has 0 radical (unpaired) electrons. The van der Waals surface area contributed by atoms with Crippen molar-refractivity contribution in [3.05, 3.63) is 0 Å². The molecule has 0 amide bonds. The fourth-order valence-corrected chi connectivity index (χ4v) is 5.35. The van der Waals surface area contributed by atoms with Crippen LogP contribution >= 0.6 is 0 Å². The van der Waals surface area contributed by atoms with E-state index in [1.807, 2.05) is 0 Å². The van der Waals surface area contributed by atoms with Crippen LogP contribution in [0.25, 0.3) is 0 Å². The Hall–Kier alpha value is 1.22. The van der Waals surface area contributed by atoms with E-state index in [2.05, 4.69) is 5.32 Å². The van der Waals surface area contributed by atoms with E-state index in [0.717, 1.165) is 23.8 Å². The number of hydrogen-bond donors (Lipinski definition) is 1. The molecule has 0 spiro atoms. The van der Waals surface area contributed by atoms with Crippen molar-refractivity contribution in [2.75, 3.05) is 6.54 Å². The molecular formula is C19H37CaN. The van der Waals surface area contributed by atoms with Crippen molar-refractivity contribution in [3.8, 4) is 0 Å². The second-order valence-corrected chi connectivity index (χ2v) is 7.84. The standard InChI is InChI=1S/C19H35N.Ca.2H/c1-3-9-16(10-4-1)19(17-11-5-2-6-12-17)15-18-13-7-8-14-20-18;;;/h16-20H,1-15H2;;;/q;+2;2*-1. The first kappa shape index (κ1) is 18.6. The SMILES string of the molecule is C1CCC(C(CC2CCCCN2)C2CCCCC2)CC1.[Ca+2].[H-].[H-]. The summed E-state index contributed by atoms with van der Waals surface area (Å²) in [6.45, 7) is 1.28. The molecule has 1 unspecified atom stereocenters. The van der Waals surface area contributed by atoms with Gasteiger partial charge >= 0.3 is 37.7 Å². The van der Waals surface area contributed by atoms with Crippen LogP contribution in [0.3, 0.4) is 0 Å². The van der Waals surface area contributed by atoms with Gasteiger partial charge in [0.25, 0.3) is 0 Å². The molecule has 3 fully saturated rings. The summed E-state index contributed by atoms with van der Waals surface area (Å²) < 4.78 is 0. The van der Waals surface area contributed by atoms with E-state index in [0.29, 0.717) is 0 Å².